The van der Waals surface area contributed by atoms with Crippen molar-refractivity contribution < 1.29 is 14.4 Å². The molecule has 2 aromatic carbocycles. The summed E-state index contributed by atoms with van der Waals surface area (Å²) in [5, 5.41) is 0. The first-order valence-electron chi connectivity index (χ1n) is 13.1. The first-order chi connectivity index (χ1) is 18.4. The van der Waals surface area contributed by atoms with Crippen molar-refractivity contribution in [2.75, 3.05) is 26.2 Å². The lowest BCUT2D eigenvalue weighted by Gasteiger charge is -2.37. The fraction of sp³-hybridized carbons (Fsp3) is 0.379. The van der Waals surface area contributed by atoms with Crippen molar-refractivity contribution in [1.29, 1.82) is 0 Å². The Hall–Kier alpha value is -4.14. The average Bonchev–Trinajstić information content (AvgIpc) is 3.13. The van der Waals surface area contributed by atoms with Gasteiger partial charge in [0.05, 0.1) is 30.7 Å². The van der Waals surface area contributed by atoms with Crippen molar-refractivity contribution in [3.05, 3.63) is 89.0 Å². The SMILES string of the molecule is Cc1ccccc1Cn1cnc2c1CN(C(=O)Cc1ccccc1)C(C(=O)N1CCCN(C(N)=O)CC1)C2. The van der Waals surface area contributed by atoms with Gasteiger partial charge in [-0.3, -0.25) is 9.59 Å². The monoisotopic (exact) mass is 514 g/mol. The van der Waals surface area contributed by atoms with Crippen LogP contribution in [0.25, 0.3) is 0 Å². The Bertz CT molecular complexity index is 1320. The molecule has 2 aliphatic rings. The Kier molecular flexibility index (Phi) is 7.44. The van der Waals surface area contributed by atoms with Gasteiger partial charge in [-0.25, -0.2) is 9.78 Å². The molecule has 0 radical (unpaired) electrons. The Labute approximate surface area is 222 Å². The normalized spacial score (nSPS) is 17.6. The molecule has 4 amide bonds. The average molecular weight is 515 g/mol. The van der Waals surface area contributed by atoms with E-state index in [-0.39, 0.29) is 18.2 Å². The van der Waals surface area contributed by atoms with Gasteiger partial charge in [0.1, 0.15) is 6.04 Å². The maximum absolute atomic E-state index is 13.9. The molecule has 0 saturated carbocycles. The number of benzene rings is 2. The van der Waals surface area contributed by atoms with Crippen LogP contribution in [-0.4, -0.2) is 74.3 Å². The molecule has 198 valence electrons. The van der Waals surface area contributed by atoms with Crippen LogP contribution >= 0.6 is 0 Å². The summed E-state index contributed by atoms with van der Waals surface area (Å²) in [5.41, 5.74) is 10.6. The van der Waals surface area contributed by atoms with Gasteiger partial charge in [-0.1, -0.05) is 54.6 Å². The molecule has 9 nitrogen and oxygen atoms in total. The third-order valence-electron chi connectivity index (χ3n) is 7.64. The summed E-state index contributed by atoms with van der Waals surface area (Å²) in [5.74, 6) is -0.186. The van der Waals surface area contributed by atoms with Crippen LogP contribution in [0, 0.1) is 6.92 Å². The molecule has 2 N–H and O–H groups in total. The van der Waals surface area contributed by atoms with E-state index in [0.717, 1.165) is 17.0 Å². The van der Waals surface area contributed by atoms with Crippen LogP contribution in [-0.2, 0) is 35.5 Å². The minimum Gasteiger partial charge on any atom is -0.351 e. The number of nitrogens with zero attached hydrogens (tertiary/aromatic N) is 5. The molecule has 0 bridgehead atoms. The molecule has 1 aromatic heterocycles. The first-order valence-corrected chi connectivity index (χ1v) is 13.1. The molecule has 3 aromatic rings. The summed E-state index contributed by atoms with van der Waals surface area (Å²) in [7, 11) is 0. The molecule has 3 heterocycles. The molecule has 1 saturated heterocycles. The van der Waals surface area contributed by atoms with E-state index in [2.05, 4.69) is 28.6 Å². The fourth-order valence-electron chi connectivity index (χ4n) is 5.40. The molecule has 0 spiro atoms. The number of hydrogen-bond acceptors (Lipinski definition) is 4. The van der Waals surface area contributed by atoms with E-state index < -0.39 is 12.1 Å². The number of aryl methyl sites for hydroxylation is 1. The number of nitrogens with two attached hydrogens (primary N) is 1. The van der Waals surface area contributed by atoms with Gasteiger partial charge in [0, 0.05) is 39.1 Å². The lowest BCUT2D eigenvalue weighted by molar-refractivity contribution is -0.146. The maximum atomic E-state index is 13.9. The van der Waals surface area contributed by atoms with E-state index in [4.69, 9.17) is 5.73 Å². The molecule has 1 unspecified atom stereocenters. The van der Waals surface area contributed by atoms with Gasteiger partial charge >= 0.3 is 6.03 Å². The minimum atomic E-state index is -0.638. The Morgan fingerprint density at radius 3 is 2.42 bits per heavy atom. The van der Waals surface area contributed by atoms with E-state index in [1.54, 1.807) is 14.7 Å². The smallest absolute Gasteiger partial charge is 0.314 e. The molecular formula is C29H34N6O3. The van der Waals surface area contributed by atoms with Crippen LogP contribution in [0.4, 0.5) is 4.79 Å². The molecule has 1 fully saturated rings. The van der Waals surface area contributed by atoms with Crippen molar-refractivity contribution in [2.24, 2.45) is 5.73 Å². The summed E-state index contributed by atoms with van der Waals surface area (Å²) in [6.07, 6.45) is 3.06. The van der Waals surface area contributed by atoms with Crippen molar-refractivity contribution in [2.45, 2.75) is 45.3 Å². The number of primary amides is 1. The second-order valence-electron chi connectivity index (χ2n) is 10.1. The van der Waals surface area contributed by atoms with Crippen LogP contribution in [0.3, 0.4) is 0 Å². The van der Waals surface area contributed by atoms with Crippen LogP contribution in [0.1, 0.15) is 34.5 Å². The van der Waals surface area contributed by atoms with E-state index in [0.29, 0.717) is 52.1 Å². The second kappa shape index (κ2) is 11.1. The summed E-state index contributed by atoms with van der Waals surface area (Å²) in [6, 6.07) is 16.7. The summed E-state index contributed by atoms with van der Waals surface area (Å²) < 4.78 is 2.10. The highest BCUT2D eigenvalue weighted by molar-refractivity contribution is 5.89. The van der Waals surface area contributed by atoms with Crippen LogP contribution in [0.2, 0.25) is 0 Å². The zero-order valence-electron chi connectivity index (χ0n) is 21.8. The summed E-state index contributed by atoms with van der Waals surface area (Å²) in [4.78, 5) is 49.0. The van der Waals surface area contributed by atoms with Crippen LogP contribution in [0.5, 0.6) is 0 Å². The number of carbonyl (C=O) groups excluding carboxylic acids is 3. The Balaban J connectivity index is 1.42. The highest BCUT2D eigenvalue weighted by Crippen LogP contribution is 2.26. The highest BCUT2D eigenvalue weighted by Gasteiger charge is 2.39. The van der Waals surface area contributed by atoms with E-state index in [9.17, 15) is 14.4 Å². The molecular weight excluding hydrogens is 480 g/mol. The van der Waals surface area contributed by atoms with Crippen LogP contribution in [0.15, 0.2) is 60.9 Å². The molecule has 9 heteroatoms. The lowest BCUT2D eigenvalue weighted by Crippen LogP contribution is -2.55. The number of rotatable bonds is 5. The van der Waals surface area contributed by atoms with Gasteiger partial charge in [0.15, 0.2) is 0 Å². The van der Waals surface area contributed by atoms with Gasteiger partial charge in [-0.05, 0) is 30.0 Å². The van der Waals surface area contributed by atoms with Gasteiger partial charge in [-0.15, -0.1) is 0 Å². The molecule has 2 aliphatic heterocycles. The largest absolute Gasteiger partial charge is 0.351 e. The lowest BCUT2D eigenvalue weighted by atomic mass is 9.99. The number of amides is 4. The third-order valence-corrected chi connectivity index (χ3v) is 7.64. The van der Waals surface area contributed by atoms with E-state index in [1.165, 1.54) is 11.1 Å². The molecule has 0 aliphatic carbocycles. The van der Waals surface area contributed by atoms with Crippen molar-refractivity contribution in [3.63, 3.8) is 0 Å². The Morgan fingerprint density at radius 1 is 0.947 bits per heavy atom. The maximum Gasteiger partial charge on any atom is 0.314 e. The zero-order valence-corrected chi connectivity index (χ0v) is 21.8. The minimum absolute atomic E-state index is 0.0857. The van der Waals surface area contributed by atoms with E-state index >= 15 is 0 Å². The standard InChI is InChI=1S/C29H34N6O3/c1-21-8-5-6-11-23(21)18-34-20-31-24-17-25(28(37)32-12-7-13-33(15-14-32)29(30)38)35(19-26(24)34)27(36)16-22-9-3-2-4-10-22/h2-6,8-11,20,25H,7,12-19H2,1H3,(H2,30,38). The topological polar surface area (TPSA) is 105 Å². The van der Waals surface area contributed by atoms with Gasteiger partial charge in [0.25, 0.3) is 0 Å². The quantitative estimate of drug-likeness (QED) is 0.564. The zero-order chi connectivity index (χ0) is 26.6. The predicted octanol–water partition coefficient (Wildman–Crippen LogP) is 2.35. The van der Waals surface area contributed by atoms with Crippen molar-refractivity contribution >= 4 is 17.8 Å². The first kappa shape index (κ1) is 25.5. The van der Waals surface area contributed by atoms with E-state index in [1.807, 2.05) is 48.8 Å². The number of imidazole rings is 1. The summed E-state index contributed by atoms with van der Waals surface area (Å²) >= 11 is 0. The number of urea groups is 1. The van der Waals surface area contributed by atoms with Gasteiger partial charge in [-0.2, -0.15) is 0 Å². The van der Waals surface area contributed by atoms with Gasteiger partial charge in [0.2, 0.25) is 11.8 Å². The number of aromatic nitrogens is 2. The second-order valence-corrected chi connectivity index (χ2v) is 10.1. The predicted molar refractivity (Wildman–Crippen MR) is 143 cm³/mol. The number of hydrogen-bond donors (Lipinski definition) is 1. The highest BCUT2D eigenvalue weighted by atomic mass is 16.2. The third kappa shape index (κ3) is 5.41. The fourth-order valence-corrected chi connectivity index (χ4v) is 5.40. The Morgan fingerprint density at radius 2 is 1.66 bits per heavy atom. The van der Waals surface area contributed by atoms with Crippen molar-refractivity contribution in [1.82, 2.24) is 24.3 Å². The van der Waals surface area contributed by atoms with Gasteiger partial charge < -0.3 is 25.0 Å². The molecule has 38 heavy (non-hydrogen) atoms. The summed E-state index contributed by atoms with van der Waals surface area (Å²) in [6.45, 7) is 4.90. The number of fused-ring (bicyclic) bond motifs is 1. The van der Waals surface area contributed by atoms with Crippen molar-refractivity contribution in [3.8, 4) is 0 Å². The van der Waals surface area contributed by atoms with Crippen LogP contribution < -0.4 is 5.73 Å². The molecule has 5 rings (SSSR count). The molecule has 1 atom stereocenters. The number of carbonyl (C=O) groups is 3.